The third-order valence-corrected chi connectivity index (χ3v) is 5.06. The van der Waals surface area contributed by atoms with Crippen molar-refractivity contribution >= 4 is 27.4 Å². The van der Waals surface area contributed by atoms with Crippen LogP contribution in [0.5, 0.6) is 0 Å². The molecule has 0 radical (unpaired) electrons. The third kappa shape index (κ3) is 2.01. The summed E-state index contributed by atoms with van der Waals surface area (Å²) in [6.45, 7) is 2.97. The highest BCUT2D eigenvalue weighted by molar-refractivity contribution is 7.19. The van der Waals surface area contributed by atoms with E-state index in [1.54, 1.807) is 4.68 Å². The summed E-state index contributed by atoms with van der Waals surface area (Å²) in [6.07, 6.45) is 7.37. The second kappa shape index (κ2) is 4.80. The van der Waals surface area contributed by atoms with Crippen LogP contribution in [0.4, 0.5) is 5.82 Å². The Hall–Kier alpha value is -1.95. The predicted octanol–water partition coefficient (Wildman–Crippen LogP) is 3.01. The molecule has 21 heavy (non-hydrogen) atoms. The molecule has 0 amide bonds. The number of hydrogen-bond donors (Lipinski definition) is 1. The van der Waals surface area contributed by atoms with Gasteiger partial charge in [0.15, 0.2) is 5.82 Å². The number of thiophene rings is 1. The zero-order valence-corrected chi connectivity index (χ0v) is 13.0. The van der Waals surface area contributed by atoms with Gasteiger partial charge in [-0.3, -0.25) is 4.68 Å². The highest BCUT2D eigenvalue weighted by Crippen LogP contribution is 2.40. The molecule has 5 nitrogen and oxygen atoms in total. The Balaban J connectivity index is 1.95. The lowest BCUT2D eigenvalue weighted by Gasteiger charge is -2.07. The Kier molecular flexibility index (Phi) is 2.92. The fourth-order valence-corrected chi connectivity index (χ4v) is 4.22. The van der Waals surface area contributed by atoms with Gasteiger partial charge in [-0.05, 0) is 31.7 Å². The number of nitrogens with one attached hydrogen (secondary N) is 1. The zero-order valence-electron chi connectivity index (χ0n) is 12.2. The molecule has 1 N–H and O–H groups in total. The van der Waals surface area contributed by atoms with E-state index in [-0.39, 0.29) is 0 Å². The van der Waals surface area contributed by atoms with Crippen LogP contribution >= 0.6 is 11.3 Å². The van der Waals surface area contributed by atoms with Crippen LogP contribution in [0, 0.1) is 0 Å². The van der Waals surface area contributed by atoms with Gasteiger partial charge < -0.3 is 5.32 Å². The summed E-state index contributed by atoms with van der Waals surface area (Å²) in [5.41, 5.74) is 2.43. The third-order valence-electron chi connectivity index (χ3n) is 3.87. The smallest absolute Gasteiger partial charge is 0.166 e. The number of aryl methyl sites for hydroxylation is 3. The minimum absolute atomic E-state index is 0.756. The number of fused-ring (bicyclic) bond motifs is 3. The standard InChI is InChI=1S/C15H17N5S/c1-3-16-14-12-10-5-4-6-11(10)21-15(12)19-13(18-14)9-7-17-20(2)8-9/h7-8H,3-6H2,1-2H3,(H,16,18,19). The monoisotopic (exact) mass is 299 g/mol. The van der Waals surface area contributed by atoms with Gasteiger partial charge in [0.1, 0.15) is 10.6 Å². The maximum atomic E-state index is 4.78. The fraction of sp³-hybridized carbons (Fsp3) is 0.400. The van der Waals surface area contributed by atoms with E-state index in [2.05, 4.69) is 17.3 Å². The molecule has 0 aliphatic heterocycles. The van der Waals surface area contributed by atoms with Crippen LogP contribution in [0.1, 0.15) is 23.8 Å². The van der Waals surface area contributed by atoms with E-state index in [9.17, 15) is 0 Å². The largest absolute Gasteiger partial charge is 0.370 e. The molecule has 0 aromatic carbocycles. The second-order valence-corrected chi connectivity index (χ2v) is 6.45. The first-order chi connectivity index (χ1) is 10.3. The summed E-state index contributed by atoms with van der Waals surface area (Å²) < 4.78 is 1.78. The summed E-state index contributed by atoms with van der Waals surface area (Å²) in [5.74, 6) is 1.73. The summed E-state index contributed by atoms with van der Waals surface area (Å²) in [7, 11) is 1.91. The first-order valence-corrected chi connectivity index (χ1v) is 8.13. The molecule has 0 saturated carbocycles. The van der Waals surface area contributed by atoms with E-state index in [1.165, 1.54) is 28.7 Å². The summed E-state index contributed by atoms with van der Waals surface area (Å²) in [6, 6.07) is 0. The van der Waals surface area contributed by atoms with Crippen molar-refractivity contribution < 1.29 is 0 Å². The predicted molar refractivity (Wildman–Crippen MR) is 85.8 cm³/mol. The van der Waals surface area contributed by atoms with Crippen LogP contribution < -0.4 is 5.32 Å². The van der Waals surface area contributed by atoms with Gasteiger partial charge in [0.25, 0.3) is 0 Å². The summed E-state index contributed by atoms with van der Waals surface area (Å²) in [4.78, 5) is 12.1. The van der Waals surface area contributed by atoms with Crippen LogP contribution in [0.3, 0.4) is 0 Å². The summed E-state index contributed by atoms with van der Waals surface area (Å²) >= 11 is 1.82. The van der Waals surface area contributed by atoms with Crippen molar-refractivity contribution in [3.63, 3.8) is 0 Å². The van der Waals surface area contributed by atoms with Crippen molar-refractivity contribution in [2.45, 2.75) is 26.2 Å². The number of rotatable bonds is 3. The maximum absolute atomic E-state index is 4.78. The van der Waals surface area contributed by atoms with E-state index in [0.29, 0.717) is 0 Å². The second-order valence-electron chi connectivity index (χ2n) is 5.37. The average molecular weight is 299 g/mol. The highest BCUT2D eigenvalue weighted by atomic mass is 32.1. The van der Waals surface area contributed by atoms with E-state index in [4.69, 9.17) is 9.97 Å². The van der Waals surface area contributed by atoms with E-state index >= 15 is 0 Å². The molecule has 0 atom stereocenters. The molecule has 0 unspecified atom stereocenters. The van der Waals surface area contributed by atoms with Gasteiger partial charge in [-0.25, -0.2) is 9.97 Å². The number of anilines is 1. The minimum Gasteiger partial charge on any atom is -0.370 e. The highest BCUT2D eigenvalue weighted by Gasteiger charge is 2.22. The number of nitrogens with zero attached hydrogens (tertiary/aromatic N) is 4. The van der Waals surface area contributed by atoms with Crippen molar-refractivity contribution in [1.29, 1.82) is 0 Å². The van der Waals surface area contributed by atoms with E-state index < -0.39 is 0 Å². The molecule has 108 valence electrons. The molecule has 1 aliphatic carbocycles. The van der Waals surface area contributed by atoms with Gasteiger partial charge in [0, 0.05) is 24.7 Å². The van der Waals surface area contributed by atoms with Gasteiger partial charge in [-0.15, -0.1) is 11.3 Å². The first-order valence-electron chi connectivity index (χ1n) is 7.31. The molecule has 3 heterocycles. The molecule has 6 heteroatoms. The zero-order chi connectivity index (χ0) is 14.4. The van der Waals surface area contributed by atoms with Crippen LogP contribution in [0.15, 0.2) is 12.4 Å². The average Bonchev–Trinajstić information content (AvgIpc) is 3.13. The Morgan fingerprint density at radius 1 is 1.33 bits per heavy atom. The maximum Gasteiger partial charge on any atom is 0.166 e. The molecule has 0 fully saturated rings. The molecular weight excluding hydrogens is 282 g/mol. The fourth-order valence-electron chi connectivity index (χ4n) is 2.96. The molecule has 0 bridgehead atoms. The quantitative estimate of drug-likeness (QED) is 0.807. The van der Waals surface area contributed by atoms with Crippen LogP contribution in [-0.4, -0.2) is 26.3 Å². The Morgan fingerprint density at radius 3 is 3.00 bits per heavy atom. The Morgan fingerprint density at radius 2 is 2.24 bits per heavy atom. The van der Waals surface area contributed by atoms with Crippen LogP contribution in [0.25, 0.3) is 21.6 Å². The normalized spacial score (nSPS) is 13.8. The van der Waals surface area contributed by atoms with Gasteiger partial charge >= 0.3 is 0 Å². The lowest BCUT2D eigenvalue weighted by atomic mass is 10.2. The molecule has 1 aliphatic rings. The topological polar surface area (TPSA) is 55.6 Å². The van der Waals surface area contributed by atoms with Crippen molar-refractivity contribution in [1.82, 2.24) is 19.7 Å². The minimum atomic E-state index is 0.756. The molecular formula is C15H17N5S. The Bertz CT molecular complexity index is 817. The molecule has 3 aromatic heterocycles. The van der Waals surface area contributed by atoms with Crippen molar-refractivity contribution in [2.75, 3.05) is 11.9 Å². The molecule has 4 rings (SSSR count). The summed E-state index contributed by atoms with van der Waals surface area (Å²) in [5, 5.41) is 8.87. The molecule has 3 aromatic rings. The Labute approximate surface area is 127 Å². The van der Waals surface area contributed by atoms with Gasteiger partial charge in [0.05, 0.1) is 17.1 Å². The van der Waals surface area contributed by atoms with Crippen molar-refractivity contribution in [3.05, 3.63) is 22.8 Å². The molecule has 0 saturated heterocycles. The number of hydrogen-bond acceptors (Lipinski definition) is 5. The molecule has 0 spiro atoms. The van der Waals surface area contributed by atoms with E-state index in [1.807, 2.05) is 30.8 Å². The van der Waals surface area contributed by atoms with Gasteiger partial charge in [-0.2, -0.15) is 5.10 Å². The van der Waals surface area contributed by atoms with Crippen molar-refractivity contribution in [3.8, 4) is 11.4 Å². The lowest BCUT2D eigenvalue weighted by molar-refractivity contribution is 0.768. The van der Waals surface area contributed by atoms with Gasteiger partial charge in [0.2, 0.25) is 0 Å². The van der Waals surface area contributed by atoms with E-state index in [0.717, 1.165) is 35.0 Å². The lowest BCUT2D eigenvalue weighted by Crippen LogP contribution is -2.02. The van der Waals surface area contributed by atoms with Crippen LogP contribution in [0.2, 0.25) is 0 Å². The van der Waals surface area contributed by atoms with Gasteiger partial charge in [-0.1, -0.05) is 0 Å². The number of aromatic nitrogens is 4. The van der Waals surface area contributed by atoms with Crippen molar-refractivity contribution in [2.24, 2.45) is 7.05 Å². The first kappa shape index (κ1) is 12.8. The SMILES string of the molecule is CCNc1nc(-c2cnn(C)c2)nc2sc3c(c12)CCC3. The van der Waals surface area contributed by atoms with Crippen LogP contribution in [-0.2, 0) is 19.9 Å².